The third kappa shape index (κ3) is 13.4. The predicted molar refractivity (Wildman–Crippen MR) is 101 cm³/mol. The standard InChI is InChI=1S/C16H36N.C4H4N2.FH/c1-5-9-13-17(14-10-6-2,15-11-7-3)16-12-8-4;1-2-6-4-3-5-1;/h5-16H2,1-4H3;1-4H;1H/q+1;;/p-1. The lowest BCUT2D eigenvalue weighted by atomic mass is 10.1. The number of nitrogens with zero attached hydrogens (tertiary/aromatic N) is 3. The van der Waals surface area contributed by atoms with Crippen LogP contribution in [0.1, 0.15) is 79.1 Å². The van der Waals surface area contributed by atoms with Crippen molar-refractivity contribution in [3.63, 3.8) is 0 Å². The van der Waals surface area contributed by atoms with Crippen molar-refractivity contribution in [2.24, 2.45) is 0 Å². The van der Waals surface area contributed by atoms with Crippen LogP contribution in [-0.4, -0.2) is 40.6 Å². The lowest BCUT2D eigenvalue weighted by molar-refractivity contribution is -0.929. The molecule has 1 aromatic rings. The summed E-state index contributed by atoms with van der Waals surface area (Å²) < 4.78 is 1.42. The molecule has 0 radical (unpaired) electrons. The highest BCUT2D eigenvalue weighted by molar-refractivity contribution is 4.70. The summed E-state index contributed by atoms with van der Waals surface area (Å²) in [7, 11) is 0. The fourth-order valence-electron chi connectivity index (χ4n) is 2.90. The van der Waals surface area contributed by atoms with Gasteiger partial charge in [-0.3, -0.25) is 9.97 Å². The zero-order valence-corrected chi connectivity index (χ0v) is 16.5. The van der Waals surface area contributed by atoms with E-state index in [0.717, 1.165) is 0 Å². The van der Waals surface area contributed by atoms with Gasteiger partial charge in [0.05, 0.1) is 26.2 Å². The normalized spacial score (nSPS) is 10.5. The highest BCUT2D eigenvalue weighted by Crippen LogP contribution is 2.16. The first-order valence-electron chi connectivity index (χ1n) is 9.79. The van der Waals surface area contributed by atoms with Gasteiger partial charge >= 0.3 is 0 Å². The zero-order chi connectivity index (χ0) is 17.2. The van der Waals surface area contributed by atoms with Crippen LogP contribution in [0.5, 0.6) is 0 Å². The second kappa shape index (κ2) is 18.3. The minimum atomic E-state index is 0. The van der Waals surface area contributed by atoms with Gasteiger partial charge in [-0.15, -0.1) is 0 Å². The molecule has 0 aliphatic rings. The summed E-state index contributed by atoms with van der Waals surface area (Å²) in [6.45, 7) is 15.0. The van der Waals surface area contributed by atoms with Gasteiger partial charge in [-0.05, 0) is 25.7 Å². The third-order valence-electron chi connectivity index (χ3n) is 4.42. The van der Waals surface area contributed by atoms with E-state index in [1.165, 1.54) is 82.0 Å². The van der Waals surface area contributed by atoms with Crippen molar-refractivity contribution < 1.29 is 9.19 Å². The first-order valence-corrected chi connectivity index (χ1v) is 9.79. The van der Waals surface area contributed by atoms with E-state index < -0.39 is 0 Å². The van der Waals surface area contributed by atoms with Crippen LogP contribution in [0.2, 0.25) is 0 Å². The fourth-order valence-corrected chi connectivity index (χ4v) is 2.90. The predicted octanol–water partition coefficient (Wildman–Crippen LogP) is 2.48. The molecule has 1 heterocycles. The lowest BCUT2D eigenvalue weighted by Crippen LogP contribution is -3.00. The van der Waals surface area contributed by atoms with Crippen molar-refractivity contribution in [3.8, 4) is 0 Å². The first kappa shape index (κ1) is 25.2. The second-order valence-electron chi connectivity index (χ2n) is 6.54. The van der Waals surface area contributed by atoms with E-state index in [4.69, 9.17) is 0 Å². The van der Waals surface area contributed by atoms with Crippen LogP contribution in [0.25, 0.3) is 0 Å². The molecule has 0 aromatic carbocycles. The molecule has 0 atom stereocenters. The fraction of sp³-hybridized carbons (Fsp3) is 0.800. The molecule has 0 unspecified atom stereocenters. The van der Waals surface area contributed by atoms with Crippen LogP contribution in [0.15, 0.2) is 24.8 Å². The number of quaternary nitrogens is 1. The Morgan fingerprint density at radius 1 is 0.542 bits per heavy atom. The number of hydrogen-bond donors (Lipinski definition) is 0. The van der Waals surface area contributed by atoms with Crippen LogP contribution >= 0.6 is 0 Å². The van der Waals surface area contributed by atoms with Gasteiger partial charge in [-0.2, -0.15) is 0 Å². The molecule has 24 heavy (non-hydrogen) atoms. The minimum Gasteiger partial charge on any atom is -1.00 e. The average Bonchev–Trinajstić information content (AvgIpc) is 2.62. The molecule has 0 amide bonds. The number of unbranched alkanes of at least 4 members (excludes halogenated alkanes) is 4. The molecule has 3 nitrogen and oxygen atoms in total. The summed E-state index contributed by atoms with van der Waals surface area (Å²) in [6.07, 6.45) is 17.6. The Morgan fingerprint density at radius 3 is 0.958 bits per heavy atom. The molecule has 1 aromatic heterocycles. The van der Waals surface area contributed by atoms with Crippen molar-refractivity contribution >= 4 is 0 Å². The summed E-state index contributed by atoms with van der Waals surface area (Å²) >= 11 is 0. The van der Waals surface area contributed by atoms with Gasteiger partial charge in [0.15, 0.2) is 0 Å². The van der Waals surface area contributed by atoms with Crippen molar-refractivity contribution in [3.05, 3.63) is 24.8 Å². The van der Waals surface area contributed by atoms with E-state index in [1.54, 1.807) is 24.8 Å². The van der Waals surface area contributed by atoms with Crippen LogP contribution in [0, 0.1) is 0 Å². The Bertz CT molecular complexity index is 269. The molecule has 0 fully saturated rings. The summed E-state index contributed by atoms with van der Waals surface area (Å²) in [5.74, 6) is 0. The van der Waals surface area contributed by atoms with Gasteiger partial charge in [0.2, 0.25) is 0 Å². The zero-order valence-electron chi connectivity index (χ0n) is 16.5. The molecule has 0 spiro atoms. The van der Waals surface area contributed by atoms with E-state index in [0.29, 0.717) is 0 Å². The minimum absolute atomic E-state index is 0. The number of hydrogen-bond acceptors (Lipinski definition) is 2. The monoisotopic (exact) mass is 341 g/mol. The maximum absolute atomic E-state index is 3.72. The van der Waals surface area contributed by atoms with E-state index in [1.807, 2.05) is 0 Å². The molecular formula is C20H40FN3. The highest BCUT2D eigenvalue weighted by atomic mass is 19.0. The van der Waals surface area contributed by atoms with Gasteiger partial charge < -0.3 is 9.19 Å². The van der Waals surface area contributed by atoms with E-state index >= 15 is 0 Å². The highest BCUT2D eigenvalue weighted by Gasteiger charge is 2.24. The van der Waals surface area contributed by atoms with Crippen molar-refractivity contribution in [1.82, 2.24) is 9.97 Å². The molecule has 0 aliphatic carbocycles. The van der Waals surface area contributed by atoms with Crippen molar-refractivity contribution in [2.45, 2.75) is 79.1 Å². The molecule has 0 aliphatic heterocycles. The van der Waals surface area contributed by atoms with Gasteiger partial charge in [-0.25, -0.2) is 0 Å². The summed E-state index contributed by atoms with van der Waals surface area (Å²) in [6, 6.07) is 0. The third-order valence-corrected chi connectivity index (χ3v) is 4.42. The second-order valence-corrected chi connectivity index (χ2v) is 6.54. The quantitative estimate of drug-likeness (QED) is 0.546. The van der Waals surface area contributed by atoms with Gasteiger partial charge in [0.25, 0.3) is 0 Å². The number of halogens is 1. The number of rotatable bonds is 12. The molecule has 0 N–H and O–H groups in total. The van der Waals surface area contributed by atoms with Crippen LogP contribution in [-0.2, 0) is 0 Å². The summed E-state index contributed by atoms with van der Waals surface area (Å²) in [5.41, 5.74) is 0. The maximum Gasteiger partial charge on any atom is 0.0786 e. The van der Waals surface area contributed by atoms with Crippen molar-refractivity contribution in [1.29, 1.82) is 0 Å². The molecule has 0 saturated carbocycles. The topological polar surface area (TPSA) is 25.8 Å². The van der Waals surface area contributed by atoms with Crippen LogP contribution in [0.4, 0.5) is 0 Å². The molecule has 0 bridgehead atoms. The molecule has 4 heteroatoms. The smallest absolute Gasteiger partial charge is 0.0786 e. The molecule has 142 valence electrons. The summed E-state index contributed by atoms with van der Waals surface area (Å²) in [5, 5.41) is 0. The largest absolute Gasteiger partial charge is 1.00 e. The van der Waals surface area contributed by atoms with Crippen molar-refractivity contribution in [2.75, 3.05) is 26.2 Å². The Morgan fingerprint density at radius 2 is 0.792 bits per heavy atom. The molecular weight excluding hydrogens is 301 g/mol. The van der Waals surface area contributed by atoms with Gasteiger partial charge in [-0.1, -0.05) is 53.4 Å². The van der Waals surface area contributed by atoms with E-state index in [-0.39, 0.29) is 4.70 Å². The Balaban J connectivity index is 0. The Labute approximate surface area is 149 Å². The Hall–Kier alpha value is -1.03. The molecule has 1 rings (SSSR count). The van der Waals surface area contributed by atoms with E-state index in [2.05, 4.69) is 37.7 Å². The first-order chi connectivity index (χ1) is 11.2. The van der Waals surface area contributed by atoms with Crippen LogP contribution in [0.3, 0.4) is 0 Å². The summed E-state index contributed by atoms with van der Waals surface area (Å²) in [4.78, 5) is 7.44. The number of aromatic nitrogens is 2. The Kier molecular flexibility index (Phi) is 19.2. The SMILES string of the molecule is CCCC[N+](CCCC)(CCCC)CCCC.[F-].c1cnccn1. The lowest BCUT2D eigenvalue weighted by Gasteiger charge is -2.39. The van der Waals surface area contributed by atoms with E-state index in [9.17, 15) is 0 Å². The average molecular weight is 342 g/mol. The maximum atomic E-state index is 3.72. The van der Waals surface area contributed by atoms with Gasteiger partial charge in [0.1, 0.15) is 0 Å². The van der Waals surface area contributed by atoms with Gasteiger partial charge in [0, 0.05) is 24.8 Å². The van der Waals surface area contributed by atoms with Crippen LogP contribution < -0.4 is 4.70 Å². The molecule has 0 saturated heterocycles.